The van der Waals surface area contributed by atoms with Gasteiger partial charge in [-0.25, -0.2) is 0 Å². The maximum absolute atomic E-state index is 12.9. The summed E-state index contributed by atoms with van der Waals surface area (Å²) in [4.78, 5) is 41.3. The molecule has 1 atom stereocenters. The molecule has 9 nitrogen and oxygen atoms in total. The highest BCUT2D eigenvalue weighted by Crippen LogP contribution is 2.31. The molecule has 0 spiro atoms. The Balaban J connectivity index is 1.18. The van der Waals surface area contributed by atoms with Crippen LogP contribution in [-0.2, 0) is 14.4 Å². The summed E-state index contributed by atoms with van der Waals surface area (Å²) in [7, 11) is 0. The molecule has 0 bridgehead atoms. The third-order valence-corrected chi connectivity index (χ3v) is 6.22. The number of nitrogens with one attached hydrogen (secondary N) is 2. The Kier molecular flexibility index (Phi) is 7.55. The molecule has 9 heteroatoms. The van der Waals surface area contributed by atoms with Gasteiger partial charge in [-0.2, -0.15) is 0 Å². The Bertz CT molecular complexity index is 1090. The van der Waals surface area contributed by atoms with Gasteiger partial charge in [0.15, 0.2) is 11.5 Å². The summed E-state index contributed by atoms with van der Waals surface area (Å²) in [6, 6.07) is 11.3. The Morgan fingerprint density at radius 3 is 2.29 bits per heavy atom. The number of carbonyl (C=O) groups excluding carboxylic acids is 3. The number of amides is 3. The zero-order valence-corrected chi connectivity index (χ0v) is 20.4. The molecule has 0 radical (unpaired) electrons. The molecular formula is C26H32N4O5. The van der Waals surface area contributed by atoms with Crippen molar-refractivity contribution in [2.75, 3.05) is 51.2 Å². The van der Waals surface area contributed by atoms with E-state index < -0.39 is 6.10 Å². The molecule has 1 saturated heterocycles. The Hall–Kier alpha value is -3.59. The van der Waals surface area contributed by atoms with Crippen LogP contribution in [0.5, 0.6) is 11.5 Å². The number of carbonyl (C=O) groups is 3. The average molecular weight is 481 g/mol. The number of aryl methyl sites for hydroxylation is 3. The summed E-state index contributed by atoms with van der Waals surface area (Å²) in [6.45, 7) is 8.31. The summed E-state index contributed by atoms with van der Waals surface area (Å²) in [5.74, 6) is 0.620. The van der Waals surface area contributed by atoms with Gasteiger partial charge in [-0.3, -0.25) is 19.3 Å². The van der Waals surface area contributed by atoms with Crippen molar-refractivity contribution in [1.82, 2.24) is 15.1 Å². The van der Waals surface area contributed by atoms with E-state index in [1.54, 1.807) is 11.0 Å². The van der Waals surface area contributed by atoms with Crippen molar-refractivity contribution in [3.05, 3.63) is 53.1 Å². The summed E-state index contributed by atoms with van der Waals surface area (Å²) < 4.78 is 11.5. The lowest BCUT2D eigenvalue weighted by atomic mass is 10.1. The number of nitrogens with zero attached hydrogens (tertiary/aromatic N) is 2. The molecular weight excluding hydrogens is 448 g/mol. The second kappa shape index (κ2) is 10.8. The predicted octanol–water partition coefficient (Wildman–Crippen LogP) is 1.65. The number of para-hydroxylation sites is 2. The lowest BCUT2D eigenvalue weighted by Gasteiger charge is -2.36. The van der Waals surface area contributed by atoms with Crippen LogP contribution in [0.4, 0.5) is 5.69 Å². The van der Waals surface area contributed by atoms with Crippen molar-refractivity contribution in [3.63, 3.8) is 0 Å². The van der Waals surface area contributed by atoms with E-state index in [-0.39, 0.29) is 37.4 Å². The first-order valence-electron chi connectivity index (χ1n) is 11.8. The fourth-order valence-electron chi connectivity index (χ4n) is 4.47. The van der Waals surface area contributed by atoms with Gasteiger partial charge in [0.2, 0.25) is 17.9 Å². The Labute approximate surface area is 205 Å². The van der Waals surface area contributed by atoms with Crippen LogP contribution in [0.15, 0.2) is 36.4 Å². The van der Waals surface area contributed by atoms with E-state index in [0.29, 0.717) is 37.7 Å². The number of anilines is 1. The molecule has 0 aliphatic carbocycles. The van der Waals surface area contributed by atoms with Crippen LogP contribution in [-0.4, -0.2) is 79.5 Å². The van der Waals surface area contributed by atoms with Crippen LogP contribution >= 0.6 is 0 Å². The molecule has 1 fully saturated rings. The van der Waals surface area contributed by atoms with Gasteiger partial charge < -0.3 is 25.0 Å². The van der Waals surface area contributed by atoms with E-state index in [9.17, 15) is 14.4 Å². The van der Waals surface area contributed by atoms with E-state index in [1.165, 1.54) is 0 Å². The van der Waals surface area contributed by atoms with Gasteiger partial charge in [0.05, 0.1) is 13.1 Å². The minimum absolute atomic E-state index is 0.0927. The van der Waals surface area contributed by atoms with Gasteiger partial charge in [-0.05, 0) is 44.0 Å². The standard InChI is InChI=1S/C26H32N4O5/c1-17-12-18(2)25(19(3)13-17)28-23(31)14-27-24(32)15-29-8-10-30(11-9-29)26(33)22-16-34-20-6-4-5-7-21(20)35-22/h4-7,12-13,22H,8-11,14-16H2,1-3H3,(H,27,32)(H,28,31)/t22-/m0/s1. The van der Waals surface area contributed by atoms with Gasteiger partial charge in [0.1, 0.15) is 6.61 Å². The molecule has 186 valence electrons. The van der Waals surface area contributed by atoms with Crippen molar-refractivity contribution in [3.8, 4) is 11.5 Å². The highest BCUT2D eigenvalue weighted by Gasteiger charge is 2.32. The molecule has 2 aliphatic rings. The third kappa shape index (κ3) is 6.10. The Morgan fingerprint density at radius 2 is 1.60 bits per heavy atom. The van der Waals surface area contributed by atoms with Crippen molar-refractivity contribution in [1.29, 1.82) is 0 Å². The summed E-state index contributed by atoms with van der Waals surface area (Å²) in [5.41, 5.74) is 3.90. The number of hydrogen-bond acceptors (Lipinski definition) is 6. The molecule has 35 heavy (non-hydrogen) atoms. The van der Waals surface area contributed by atoms with Gasteiger partial charge in [0, 0.05) is 31.9 Å². The number of fused-ring (bicyclic) bond motifs is 1. The fourth-order valence-corrected chi connectivity index (χ4v) is 4.47. The zero-order valence-electron chi connectivity index (χ0n) is 20.4. The maximum atomic E-state index is 12.9. The van der Waals surface area contributed by atoms with Crippen molar-refractivity contribution < 1.29 is 23.9 Å². The molecule has 2 aliphatic heterocycles. The monoisotopic (exact) mass is 480 g/mol. The second-order valence-electron chi connectivity index (χ2n) is 9.06. The Morgan fingerprint density at radius 1 is 0.943 bits per heavy atom. The van der Waals surface area contributed by atoms with Crippen LogP contribution < -0.4 is 20.1 Å². The fraction of sp³-hybridized carbons (Fsp3) is 0.423. The van der Waals surface area contributed by atoms with Gasteiger partial charge in [-0.1, -0.05) is 29.8 Å². The quantitative estimate of drug-likeness (QED) is 0.652. The highest BCUT2D eigenvalue weighted by molar-refractivity contribution is 5.96. The van der Waals surface area contributed by atoms with Crippen molar-refractivity contribution in [2.45, 2.75) is 26.9 Å². The van der Waals surface area contributed by atoms with Crippen LogP contribution in [0.25, 0.3) is 0 Å². The molecule has 0 aromatic heterocycles. The molecule has 2 aromatic rings. The smallest absolute Gasteiger partial charge is 0.267 e. The van der Waals surface area contributed by atoms with E-state index in [2.05, 4.69) is 10.6 Å². The molecule has 2 aromatic carbocycles. The van der Waals surface area contributed by atoms with Crippen LogP contribution in [0.2, 0.25) is 0 Å². The molecule has 2 heterocycles. The summed E-state index contributed by atoms with van der Waals surface area (Å²) >= 11 is 0. The SMILES string of the molecule is Cc1cc(C)c(NC(=O)CNC(=O)CN2CCN(C(=O)[C@@H]3COc4ccccc4O3)CC2)c(C)c1. The topological polar surface area (TPSA) is 100 Å². The highest BCUT2D eigenvalue weighted by atomic mass is 16.6. The van der Waals surface area contributed by atoms with Gasteiger partial charge in [0.25, 0.3) is 5.91 Å². The van der Waals surface area contributed by atoms with Gasteiger partial charge >= 0.3 is 0 Å². The van der Waals surface area contributed by atoms with Crippen molar-refractivity contribution in [2.24, 2.45) is 0 Å². The van der Waals surface area contributed by atoms with E-state index in [1.807, 2.05) is 56.0 Å². The van der Waals surface area contributed by atoms with Crippen LogP contribution in [0.3, 0.4) is 0 Å². The van der Waals surface area contributed by atoms with Crippen molar-refractivity contribution >= 4 is 23.4 Å². The third-order valence-electron chi connectivity index (χ3n) is 6.22. The minimum atomic E-state index is -0.668. The lowest BCUT2D eigenvalue weighted by molar-refractivity contribution is -0.143. The lowest BCUT2D eigenvalue weighted by Crippen LogP contribution is -2.55. The van der Waals surface area contributed by atoms with Crippen LogP contribution in [0, 0.1) is 20.8 Å². The average Bonchev–Trinajstić information content (AvgIpc) is 2.84. The first kappa shape index (κ1) is 24.5. The molecule has 0 unspecified atom stereocenters. The maximum Gasteiger partial charge on any atom is 0.267 e. The largest absolute Gasteiger partial charge is 0.485 e. The van der Waals surface area contributed by atoms with E-state index >= 15 is 0 Å². The normalized spacial score (nSPS) is 17.6. The zero-order chi connectivity index (χ0) is 24.9. The second-order valence-corrected chi connectivity index (χ2v) is 9.06. The first-order chi connectivity index (χ1) is 16.8. The summed E-state index contributed by atoms with van der Waals surface area (Å²) in [6.07, 6.45) is -0.668. The number of benzene rings is 2. The first-order valence-corrected chi connectivity index (χ1v) is 11.8. The summed E-state index contributed by atoms with van der Waals surface area (Å²) in [5, 5.41) is 5.57. The molecule has 2 N–H and O–H groups in total. The van der Waals surface area contributed by atoms with E-state index in [0.717, 1.165) is 22.4 Å². The molecule has 0 saturated carbocycles. The molecule has 3 amide bonds. The van der Waals surface area contributed by atoms with Gasteiger partial charge in [-0.15, -0.1) is 0 Å². The van der Waals surface area contributed by atoms with E-state index in [4.69, 9.17) is 9.47 Å². The number of ether oxygens (including phenoxy) is 2. The number of hydrogen-bond donors (Lipinski definition) is 2. The minimum Gasteiger partial charge on any atom is -0.485 e. The number of piperazine rings is 1. The number of rotatable bonds is 6. The van der Waals surface area contributed by atoms with Crippen LogP contribution in [0.1, 0.15) is 16.7 Å². The predicted molar refractivity (Wildman–Crippen MR) is 132 cm³/mol. The molecule has 4 rings (SSSR count).